The van der Waals surface area contributed by atoms with Crippen molar-refractivity contribution in [1.29, 1.82) is 0 Å². The summed E-state index contributed by atoms with van der Waals surface area (Å²) in [5, 5.41) is 28.7. The molecule has 0 aliphatic rings. The number of aliphatic hydroxyl groups excluding tert-OH is 1. The molecule has 4 heteroatoms. The van der Waals surface area contributed by atoms with Gasteiger partial charge in [0.05, 0.1) is 6.42 Å². The fraction of sp³-hybridized carbons (Fsp3) is 0.308. The first-order chi connectivity index (χ1) is 7.84. The minimum Gasteiger partial charge on any atom is -0.383 e. The second-order valence-corrected chi connectivity index (χ2v) is 4.09. The molecule has 0 radical (unpaired) electrons. The first-order valence-electron chi connectivity index (χ1n) is 5.21. The van der Waals surface area contributed by atoms with Crippen molar-refractivity contribution in [1.82, 2.24) is 0 Å². The molecule has 0 aliphatic heterocycles. The summed E-state index contributed by atoms with van der Waals surface area (Å²) in [7, 11) is 0. The number of aliphatic hydroxyl groups is 3. The van der Waals surface area contributed by atoms with E-state index in [1.807, 2.05) is 0 Å². The van der Waals surface area contributed by atoms with E-state index in [9.17, 15) is 20.1 Å². The Morgan fingerprint density at radius 3 is 2.35 bits per heavy atom. The van der Waals surface area contributed by atoms with Crippen LogP contribution in [0, 0.1) is 0 Å². The second kappa shape index (κ2) is 5.23. The molecule has 0 saturated heterocycles. The van der Waals surface area contributed by atoms with Crippen LogP contribution in [-0.4, -0.2) is 33.0 Å². The van der Waals surface area contributed by atoms with Crippen molar-refractivity contribution in [3.8, 4) is 0 Å². The zero-order valence-electron chi connectivity index (χ0n) is 9.63. The molecule has 17 heavy (non-hydrogen) atoms. The number of ketones is 1. The predicted molar refractivity (Wildman–Crippen MR) is 63.4 cm³/mol. The van der Waals surface area contributed by atoms with Crippen LogP contribution in [0.5, 0.6) is 0 Å². The van der Waals surface area contributed by atoms with Crippen LogP contribution in [0.2, 0.25) is 0 Å². The topological polar surface area (TPSA) is 77.8 Å². The Hall–Kier alpha value is -1.49. The molecule has 92 valence electrons. The molecular weight excluding hydrogens is 220 g/mol. The highest BCUT2D eigenvalue weighted by Crippen LogP contribution is 2.19. The van der Waals surface area contributed by atoms with Crippen molar-refractivity contribution in [3.63, 3.8) is 0 Å². The summed E-state index contributed by atoms with van der Waals surface area (Å²) < 4.78 is 0. The first-order valence-corrected chi connectivity index (χ1v) is 5.21. The van der Waals surface area contributed by atoms with E-state index in [0.29, 0.717) is 5.56 Å². The van der Waals surface area contributed by atoms with Crippen LogP contribution in [0.25, 0.3) is 0 Å². The van der Waals surface area contributed by atoms with Crippen LogP contribution < -0.4 is 0 Å². The quantitative estimate of drug-likeness (QED) is 0.403. The SMILES string of the molecule is C=C(C)C(O)C(O)(O)CC(=O)c1ccccc1. The molecule has 0 heterocycles. The fourth-order valence-electron chi connectivity index (χ4n) is 1.45. The molecule has 1 unspecified atom stereocenters. The van der Waals surface area contributed by atoms with E-state index in [0.717, 1.165) is 0 Å². The third kappa shape index (κ3) is 3.49. The summed E-state index contributed by atoms with van der Waals surface area (Å²) >= 11 is 0. The molecule has 1 rings (SSSR count). The molecule has 3 N–H and O–H groups in total. The van der Waals surface area contributed by atoms with Gasteiger partial charge in [-0.2, -0.15) is 0 Å². The van der Waals surface area contributed by atoms with Gasteiger partial charge in [-0.3, -0.25) is 4.79 Å². The Morgan fingerprint density at radius 1 is 1.35 bits per heavy atom. The van der Waals surface area contributed by atoms with Gasteiger partial charge in [0.2, 0.25) is 5.79 Å². The van der Waals surface area contributed by atoms with Crippen molar-refractivity contribution < 1.29 is 20.1 Å². The molecule has 0 spiro atoms. The van der Waals surface area contributed by atoms with Gasteiger partial charge in [0.1, 0.15) is 6.10 Å². The molecule has 1 aromatic carbocycles. The molecule has 0 bridgehead atoms. The first kappa shape index (κ1) is 13.6. The average Bonchev–Trinajstić information content (AvgIpc) is 2.28. The van der Waals surface area contributed by atoms with Gasteiger partial charge in [-0.05, 0) is 12.5 Å². The lowest BCUT2D eigenvalue weighted by atomic mass is 9.96. The van der Waals surface area contributed by atoms with Crippen LogP contribution in [-0.2, 0) is 0 Å². The van der Waals surface area contributed by atoms with E-state index < -0.39 is 24.1 Å². The lowest BCUT2D eigenvalue weighted by Crippen LogP contribution is -2.44. The maximum atomic E-state index is 11.7. The lowest BCUT2D eigenvalue weighted by molar-refractivity contribution is -0.210. The Bertz CT molecular complexity index is 409. The van der Waals surface area contributed by atoms with E-state index >= 15 is 0 Å². The number of hydrogen-bond donors (Lipinski definition) is 3. The molecule has 4 nitrogen and oxygen atoms in total. The molecular formula is C13H16O4. The van der Waals surface area contributed by atoms with Crippen molar-refractivity contribution >= 4 is 5.78 Å². The molecule has 1 aromatic rings. The van der Waals surface area contributed by atoms with Crippen molar-refractivity contribution in [2.75, 3.05) is 0 Å². The van der Waals surface area contributed by atoms with Crippen LogP contribution in [0.3, 0.4) is 0 Å². The van der Waals surface area contributed by atoms with E-state index in [4.69, 9.17) is 0 Å². The van der Waals surface area contributed by atoms with Gasteiger partial charge in [-0.15, -0.1) is 0 Å². The third-order valence-electron chi connectivity index (χ3n) is 2.42. The van der Waals surface area contributed by atoms with Gasteiger partial charge in [-0.25, -0.2) is 0 Å². The Balaban J connectivity index is 2.78. The number of benzene rings is 1. The second-order valence-electron chi connectivity index (χ2n) is 4.09. The summed E-state index contributed by atoms with van der Waals surface area (Å²) in [6.07, 6.45) is -2.12. The predicted octanol–water partition coefficient (Wildman–Crippen LogP) is 0.877. The zero-order valence-corrected chi connectivity index (χ0v) is 9.63. The minimum absolute atomic E-state index is 0.191. The molecule has 0 saturated carbocycles. The third-order valence-corrected chi connectivity index (χ3v) is 2.42. The summed E-state index contributed by atoms with van der Waals surface area (Å²) in [6, 6.07) is 8.26. The maximum absolute atomic E-state index is 11.7. The van der Waals surface area contributed by atoms with Crippen molar-refractivity contribution in [3.05, 3.63) is 48.0 Å². The largest absolute Gasteiger partial charge is 0.383 e. The highest BCUT2D eigenvalue weighted by molar-refractivity contribution is 5.96. The average molecular weight is 236 g/mol. The number of carbonyl (C=O) groups is 1. The van der Waals surface area contributed by atoms with Gasteiger partial charge in [0.15, 0.2) is 5.78 Å². The molecule has 0 aromatic heterocycles. The van der Waals surface area contributed by atoms with Crippen LogP contribution in [0.1, 0.15) is 23.7 Å². The molecule has 0 amide bonds. The van der Waals surface area contributed by atoms with Gasteiger partial charge < -0.3 is 15.3 Å². The van der Waals surface area contributed by atoms with Gasteiger partial charge >= 0.3 is 0 Å². The van der Waals surface area contributed by atoms with Crippen LogP contribution >= 0.6 is 0 Å². The summed E-state index contributed by atoms with van der Waals surface area (Å²) in [4.78, 5) is 11.7. The van der Waals surface area contributed by atoms with Crippen molar-refractivity contribution in [2.24, 2.45) is 0 Å². The normalized spacial score (nSPS) is 13.2. The summed E-state index contributed by atoms with van der Waals surface area (Å²) in [5.41, 5.74) is 0.560. The van der Waals surface area contributed by atoms with Gasteiger partial charge in [0.25, 0.3) is 0 Å². The van der Waals surface area contributed by atoms with Crippen molar-refractivity contribution in [2.45, 2.75) is 25.2 Å². The Morgan fingerprint density at radius 2 is 1.88 bits per heavy atom. The van der Waals surface area contributed by atoms with Crippen LogP contribution in [0.4, 0.5) is 0 Å². The summed E-state index contributed by atoms with van der Waals surface area (Å²) in [5.74, 6) is -2.94. The van der Waals surface area contributed by atoms with Crippen LogP contribution in [0.15, 0.2) is 42.5 Å². The highest BCUT2D eigenvalue weighted by Gasteiger charge is 2.36. The summed E-state index contributed by atoms with van der Waals surface area (Å²) in [6.45, 7) is 4.88. The minimum atomic E-state index is -2.49. The van der Waals surface area contributed by atoms with Gasteiger partial charge in [0, 0.05) is 5.56 Å². The maximum Gasteiger partial charge on any atom is 0.200 e. The van der Waals surface area contributed by atoms with E-state index in [1.54, 1.807) is 30.3 Å². The Labute approximate surface area is 99.8 Å². The Kier molecular flexibility index (Phi) is 4.17. The molecule has 1 atom stereocenters. The molecule has 0 aliphatic carbocycles. The van der Waals surface area contributed by atoms with Gasteiger partial charge in [-0.1, -0.05) is 36.9 Å². The highest BCUT2D eigenvalue weighted by atomic mass is 16.5. The van der Waals surface area contributed by atoms with E-state index in [2.05, 4.69) is 6.58 Å². The smallest absolute Gasteiger partial charge is 0.200 e. The number of carbonyl (C=O) groups excluding carboxylic acids is 1. The van der Waals surface area contributed by atoms with E-state index in [1.165, 1.54) is 6.92 Å². The zero-order chi connectivity index (χ0) is 13.1. The standard InChI is InChI=1S/C13H16O4/c1-9(2)12(15)13(16,17)8-11(14)10-6-4-3-5-7-10/h3-7,12,15-17H,1,8H2,2H3. The monoisotopic (exact) mass is 236 g/mol. The molecule has 0 fully saturated rings. The van der Waals surface area contributed by atoms with E-state index in [-0.39, 0.29) is 5.57 Å². The number of hydrogen-bond acceptors (Lipinski definition) is 4. The number of rotatable bonds is 5. The number of Topliss-reactive ketones (excluding diaryl/α,β-unsaturated/α-hetero) is 1. The fourth-order valence-corrected chi connectivity index (χ4v) is 1.45. The lowest BCUT2D eigenvalue weighted by Gasteiger charge is -2.27.